The molecular weight excluding hydrogens is 394 g/mol. The molecule has 0 aliphatic carbocycles. The van der Waals surface area contributed by atoms with Gasteiger partial charge in [0.1, 0.15) is 11.6 Å². The highest BCUT2D eigenvalue weighted by Crippen LogP contribution is 2.38. The van der Waals surface area contributed by atoms with Crippen LogP contribution in [-0.4, -0.2) is 58.8 Å². The molecule has 1 amide bonds. The van der Waals surface area contributed by atoms with Crippen molar-refractivity contribution < 1.29 is 19.1 Å². The lowest BCUT2D eigenvalue weighted by Gasteiger charge is -2.26. The van der Waals surface area contributed by atoms with Gasteiger partial charge in [-0.05, 0) is 64.3 Å². The van der Waals surface area contributed by atoms with Crippen molar-refractivity contribution in [2.45, 2.75) is 19.4 Å². The first-order chi connectivity index (χ1) is 14.9. The molecule has 3 aromatic rings. The van der Waals surface area contributed by atoms with E-state index >= 15 is 0 Å². The monoisotopic (exact) mass is 419 g/mol. The van der Waals surface area contributed by atoms with Crippen LogP contribution in [0.4, 0.5) is 0 Å². The van der Waals surface area contributed by atoms with Gasteiger partial charge in [-0.25, -0.2) is 0 Å². The number of hydrogen-bond donors (Lipinski definition) is 1. The Hall–Kier alpha value is -3.45. The Morgan fingerprint density at radius 2 is 2.03 bits per heavy atom. The van der Waals surface area contributed by atoms with Gasteiger partial charge in [0, 0.05) is 18.1 Å². The summed E-state index contributed by atoms with van der Waals surface area (Å²) in [4.78, 5) is 34.3. The number of pyridine rings is 1. The number of rotatable bonds is 7. The fourth-order valence-corrected chi connectivity index (χ4v) is 3.93. The van der Waals surface area contributed by atoms with Crippen molar-refractivity contribution in [3.8, 4) is 0 Å². The molecule has 1 aliphatic heterocycles. The summed E-state index contributed by atoms with van der Waals surface area (Å²) >= 11 is 0. The molecule has 3 heterocycles. The number of aromatic nitrogens is 1. The highest BCUT2D eigenvalue weighted by Gasteiger charge is 2.44. The van der Waals surface area contributed by atoms with Gasteiger partial charge < -0.3 is 19.3 Å². The van der Waals surface area contributed by atoms with Gasteiger partial charge in [-0.15, -0.1) is 0 Å². The Balaban J connectivity index is 1.73. The summed E-state index contributed by atoms with van der Waals surface area (Å²) in [6, 6.07) is 11.8. The molecule has 1 N–H and O–H groups in total. The second-order valence-corrected chi connectivity index (χ2v) is 8.06. The van der Waals surface area contributed by atoms with Crippen LogP contribution in [0.15, 0.2) is 64.4 Å². The normalized spacial score (nSPS) is 16.7. The average Bonchev–Trinajstić information content (AvgIpc) is 3.27. The molecule has 1 atom stereocenters. The zero-order valence-electron chi connectivity index (χ0n) is 17.8. The third-order valence-electron chi connectivity index (χ3n) is 5.42. The van der Waals surface area contributed by atoms with Crippen LogP contribution in [0.1, 0.15) is 34.3 Å². The van der Waals surface area contributed by atoms with Gasteiger partial charge in [-0.3, -0.25) is 14.6 Å². The SMILES string of the molecule is Cc1ccc2oc(C(=O)C3=C(O)C(=O)N(CCCN(C)C)C3c3ccccn3)cc2c1. The molecule has 1 aromatic carbocycles. The number of aryl methyl sites for hydroxylation is 1. The minimum absolute atomic E-state index is 0.00401. The van der Waals surface area contributed by atoms with E-state index < -0.39 is 23.5 Å². The Morgan fingerprint density at radius 3 is 2.74 bits per heavy atom. The molecule has 1 aliphatic rings. The minimum Gasteiger partial charge on any atom is -0.503 e. The van der Waals surface area contributed by atoms with E-state index in [2.05, 4.69) is 4.98 Å². The van der Waals surface area contributed by atoms with E-state index in [4.69, 9.17) is 4.42 Å². The lowest BCUT2D eigenvalue weighted by Crippen LogP contribution is -2.33. The van der Waals surface area contributed by atoms with E-state index in [1.165, 1.54) is 4.90 Å². The number of furan rings is 1. The molecule has 2 aromatic heterocycles. The molecule has 0 spiro atoms. The number of amides is 1. The fourth-order valence-electron chi connectivity index (χ4n) is 3.93. The molecule has 0 bridgehead atoms. The number of benzene rings is 1. The maximum atomic E-state index is 13.4. The zero-order valence-corrected chi connectivity index (χ0v) is 17.8. The largest absolute Gasteiger partial charge is 0.503 e. The number of fused-ring (bicyclic) bond motifs is 1. The standard InChI is InChI=1S/C24H25N3O4/c1-15-8-9-18-16(13-15)14-19(31-18)22(28)20-21(17-7-4-5-10-25-17)27(24(30)23(20)29)12-6-11-26(2)3/h4-5,7-10,13-14,21,29H,6,11-12H2,1-3H3. The smallest absolute Gasteiger partial charge is 0.290 e. The van der Waals surface area contributed by atoms with E-state index in [9.17, 15) is 14.7 Å². The van der Waals surface area contributed by atoms with Crippen molar-refractivity contribution in [2.75, 3.05) is 27.2 Å². The van der Waals surface area contributed by atoms with E-state index in [1.54, 1.807) is 36.5 Å². The average molecular weight is 419 g/mol. The van der Waals surface area contributed by atoms with Crippen LogP contribution in [0, 0.1) is 6.92 Å². The number of aliphatic hydroxyl groups excluding tert-OH is 1. The molecule has 0 saturated heterocycles. The van der Waals surface area contributed by atoms with Crippen molar-refractivity contribution in [1.82, 2.24) is 14.8 Å². The highest BCUT2D eigenvalue weighted by atomic mass is 16.3. The van der Waals surface area contributed by atoms with Gasteiger partial charge in [-0.2, -0.15) is 0 Å². The van der Waals surface area contributed by atoms with Crippen molar-refractivity contribution >= 4 is 22.7 Å². The van der Waals surface area contributed by atoms with Crippen LogP contribution >= 0.6 is 0 Å². The number of carbonyl (C=O) groups is 2. The van der Waals surface area contributed by atoms with Gasteiger partial charge in [0.25, 0.3) is 5.91 Å². The second-order valence-electron chi connectivity index (χ2n) is 8.06. The van der Waals surface area contributed by atoms with Crippen molar-refractivity contribution in [1.29, 1.82) is 0 Å². The Bertz CT molecular complexity index is 1160. The predicted octanol–water partition coefficient (Wildman–Crippen LogP) is 3.67. The van der Waals surface area contributed by atoms with Gasteiger partial charge in [0.05, 0.1) is 11.3 Å². The molecule has 7 heteroatoms. The molecule has 160 valence electrons. The van der Waals surface area contributed by atoms with Crippen LogP contribution in [0.25, 0.3) is 11.0 Å². The summed E-state index contributed by atoms with van der Waals surface area (Å²) in [5, 5.41) is 11.5. The Morgan fingerprint density at radius 1 is 1.23 bits per heavy atom. The first-order valence-electron chi connectivity index (χ1n) is 10.2. The summed E-state index contributed by atoms with van der Waals surface area (Å²) < 4.78 is 5.76. The van der Waals surface area contributed by atoms with Crippen LogP contribution in [-0.2, 0) is 4.79 Å². The predicted molar refractivity (Wildman–Crippen MR) is 117 cm³/mol. The van der Waals surface area contributed by atoms with Crippen molar-refractivity contribution in [2.24, 2.45) is 0 Å². The van der Waals surface area contributed by atoms with Crippen LogP contribution in [0.2, 0.25) is 0 Å². The molecule has 0 radical (unpaired) electrons. The Kier molecular flexibility index (Phi) is 5.61. The third-order valence-corrected chi connectivity index (χ3v) is 5.42. The molecule has 1 unspecified atom stereocenters. The summed E-state index contributed by atoms with van der Waals surface area (Å²) in [5.74, 6) is -1.52. The maximum Gasteiger partial charge on any atom is 0.290 e. The second kappa shape index (κ2) is 8.35. The quantitative estimate of drug-likeness (QED) is 0.588. The van der Waals surface area contributed by atoms with Crippen LogP contribution in [0.5, 0.6) is 0 Å². The topological polar surface area (TPSA) is 86.9 Å². The molecular formula is C24H25N3O4. The van der Waals surface area contributed by atoms with Gasteiger partial charge in [0.2, 0.25) is 5.78 Å². The van der Waals surface area contributed by atoms with Crippen LogP contribution < -0.4 is 0 Å². The highest BCUT2D eigenvalue weighted by molar-refractivity contribution is 6.15. The van der Waals surface area contributed by atoms with Crippen molar-refractivity contribution in [3.63, 3.8) is 0 Å². The lowest BCUT2D eigenvalue weighted by molar-refractivity contribution is -0.129. The van der Waals surface area contributed by atoms with E-state index in [-0.39, 0.29) is 11.3 Å². The van der Waals surface area contributed by atoms with E-state index in [0.29, 0.717) is 24.2 Å². The number of nitrogens with zero attached hydrogens (tertiary/aromatic N) is 3. The minimum atomic E-state index is -0.765. The number of aliphatic hydroxyl groups is 1. The summed E-state index contributed by atoms with van der Waals surface area (Å²) in [6.45, 7) is 3.12. The molecule has 0 saturated carbocycles. The van der Waals surface area contributed by atoms with Crippen LogP contribution in [0.3, 0.4) is 0 Å². The summed E-state index contributed by atoms with van der Waals surface area (Å²) in [6.07, 6.45) is 2.31. The first kappa shape index (κ1) is 20.8. The van der Waals surface area contributed by atoms with Gasteiger partial charge in [0.15, 0.2) is 11.5 Å². The maximum absolute atomic E-state index is 13.4. The van der Waals surface area contributed by atoms with Gasteiger partial charge in [-0.1, -0.05) is 17.7 Å². The molecule has 31 heavy (non-hydrogen) atoms. The molecule has 4 rings (SSSR count). The zero-order chi connectivity index (χ0) is 22.1. The lowest BCUT2D eigenvalue weighted by atomic mass is 9.98. The first-order valence-corrected chi connectivity index (χ1v) is 10.2. The number of hydrogen-bond acceptors (Lipinski definition) is 6. The Labute approximate surface area is 180 Å². The fraction of sp³-hybridized carbons (Fsp3) is 0.292. The summed E-state index contributed by atoms with van der Waals surface area (Å²) in [7, 11) is 3.91. The van der Waals surface area contributed by atoms with E-state index in [0.717, 1.165) is 17.5 Å². The number of ketones is 1. The summed E-state index contributed by atoms with van der Waals surface area (Å²) in [5.41, 5.74) is 2.16. The number of carbonyl (C=O) groups excluding carboxylic acids is 2. The molecule has 0 fully saturated rings. The molecule has 7 nitrogen and oxygen atoms in total. The third kappa shape index (κ3) is 3.96. The van der Waals surface area contributed by atoms with E-state index in [1.807, 2.05) is 38.1 Å². The van der Waals surface area contributed by atoms with Gasteiger partial charge >= 0.3 is 0 Å². The van der Waals surface area contributed by atoms with Crippen molar-refractivity contribution in [3.05, 3.63) is 77.0 Å². The number of Topliss-reactive ketones (excluding diaryl/α,β-unsaturated/α-hetero) is 1.